The average Bonchev–Trinajstić information content (AvgIpc) is 3.26. The van der Waals surface area contributed by atoms with Crippen molar-refractivity contribution >= 4 is 17.5 Å². The van der Waals surface area contributed by atoms with Gasteiger partial charge < -0.3 is 15.2 Å². The molecular formula is C24H25N5O3. The van der Waals surface area contributed by atoms with Crippen LogP contribution < -0.4 is 10.9 Å². The van der Waals surface area contributed by atoms with Gasteiger partial charge in [0.05, 0.1) is 17.3 Å². The smallest absolute Gasteiger partial charge is 0.261 e. The summed E-state index contributed by atoms with van der Waals surface area (Å²) in [7, 11) is 0. The van der Waals surface area contributed by atoms with Gasteiger partial charge in [-0.1, -0.05) is 18.2 Å². The fraction of sp³-hybridized carbons (Fsp3) is 0.292. The van der Waals surface area contributed by atoms with E-state index < -0.39 is 5.56 Å². The summed E-state index contributed by atoms with van der Waals surface area (Å²) >= 11 is 0. The van der Waals surface area contributed by atoms with Crippen molar-refractivity contribution in [1.29, 1.82) is 0 Å². The molecule has 2 amide bonds. The topological polar surface area (TPSA) is 108 Å². The molecule has 4 rings (SSSR count). The number of H-pyrrole nitrogens is 1. The number of aromatic nitrogens is 3. The van der Waals surface area contributed by atoms with Crippen molar-refractivity contribution in [2.45, 2.75) is 39.7 Å². The van der Waals surface area contributed by atoms with Gasteiger partial charge in [-0.05, 0) is 57.4 Å². The number of hydrogen-bond donors (Lipinski definition) is 2. The number of anilines is 1. The van der Waals surface area contributed by atoms with Crippen molar-refractivity contribution < 1.29 is 9.59 Å². The zero-order valence-electron chi connectivity index (χ0n) is 18.3. The molecule has 3 heterocycles. The number of benzene rings is 1. The number of para-hydroxylation sites is 1. The summed E-state index contributed by atoms with van der Waals surface area (Å²) in [6.07, 6.45) is 2.99. The first-order chi connectivity index (χ1) is 15.3. The van der Waals surface area contributed by atoms with E-state index in [0.29, 0.717) is 35.7 Å². The zero-order valence-corrected chi connectivity index (χ0v) is 18.3. The maximum atomic E-state index is 13.2. The Bertz CT molecular complexity index is 1240. The third-order valence-electron chi connectivity index (χ3n) is 5.81. The zero-order chi connectivity index (χ0) is 22.8. The van der Waals surface area contributed by atoms with Crippen LogP contribution in [0.25, 0.3) is 0 Å². The largest absolute Gasteiger partial charge is 0.328 e. The maximum absolute atomic E-state index is 13.2. The van der Waals surface area contributed by atoms with Gasteiger partial charge >= 0.3 is 0 Å². The highest BCUT2D eigenvalue weighted by Crippen LogP contribution is 2.31. The summed E-state index contributed by atoms with van der Waals surface area (Å²) in [5, 5.41) is 2.83. The molecule has 1 atom stereocenters. The summed E-state index contributed by atoms with van der Waals surface area (Å²) < 4.78 is 0. The summed E-state index contributed by atoms with van der Waals surface area (Å²) in [5.74, 6) is -0.143. The van der Waals surface area contributed by atoms with Gasteiger partial charge in [-0.2, -0.15) is 0 Å². The minimum atomic E-state index is -0.395. The predicted molar refractivity (Wildman–Crippen MR) is 121 cm³/mol. The Morgan fingerprint density at radius 3 is 2.59 bits per heavy atom. The van der Waals surface area contributed by atoms with Gasteiger partial charge in [-0.15, -0.1) is 0 Å². The van der Waals surface area contributed by atoms with Gasteiger partial charge in [-0.25, -0.2) is 9.97 Å². The molecule has 0 bridgehead atoms. The van der Waals surface area contributed by atoms with Gasteiger partial charge in [0.2, 0.25) is 0 Å². The molecule has 8 heteroatoms. The Kier molecular flexibility index (Phi) is 5.85. The van der Waals surface area contributed by atoms with E-state index in [1.165, 1.54) is 6.20 Å². The van der Waals surface area contributed by atoms with E-state index in [-0.39, 0.29) is 23.4 Å². The lowest BCUT2D eigenvalue weighted by molar-refractivity contribution is 0.0727. The Morgan fingerprint density at radius 1 is 1.12 bits per heavy atom. The molecule has 0 radical (unpaired) electrons. The van der Waals surface area contributed by atoms with E-state index in [4.69, 9.17) is 0 Å². The molecule has 1 saturated heterocycles. The average molecular weight is 431 g/mol. The number of aromatic amines is 1. The number of likely N-dealkylation sites (tertiary alicyclic amines) is 1. The Morgan fingerprint density at radius 2 is 1.88 bits per heavy atom. The maximum Gasteiger partial charge on any atom is 0.261 e. The number of nitrogens with zero attached hydrogens (tertiary/aromatic N) is 3. The van der Waals surface area contributed by atoms with Crippen LogP contribution in [-0.4, -0.2) is 38.2 Å². The highest BCUT2D eigenvalue weighted by Gasteiger charge is 2.34. The van der Waals surface area contributed by atoms with E-state index in [2.05, 4.69) is 20.3 Å². The molecule has 0 spiro atoms. The fourth-order valence-corrected chi connectivity index (χ4v) is 3.91. The minimum Gasteiger partial charge on any atom is -0.328 e. The van der Waals surface area contributed by atoms with Crippen LogP contribution in [0.5, 0.6) is 0 Å². The van der Waals surface area contributed by atoms with Crippen molar-refractivity contribution in [3.05, 3.63) is 86.9 Å². The van der Waals surface area contributed by atoms with Crippen molar-refractivity contribution in [3.8, 4) is 0 Å². The van der Waals surface area contributed by atoms with Crippen LogP contribution in [0.4, 0.5) is 5.69 Å². The van der Waals surface area contributed by atoms with Crippen LogP contribution in [0, 0.1) is 20.8 Å². The molecule has 1 unspecified atom stereocenters. The highest BCUT2D eigenvalue weighted by atomic mass is 16.2. The number of carbonyl (C=O) groups is 2. The quantitative estimate of drug-likeness (QED) is 0.659. The SMILES string of the molecule is Cc1cc(C(=O)N2CCCC2c2ncc(C(=O)Nc3ccccc3)c(C)n2)c(=O)[nH]c1C. The standard InChI is InChI=1S/C24H25N5O3/c1-14-12-18(22(30)27-15(14)2)24(32)29-11-7-10-20(29)21-25-13-19(16(3)26-21)23(31)28-17-8-5-4-6-9-17/h4-6,8-9,12-13,20H,7,10-11H2,1-3H3,(H,27,30)(H,28,31). The second-order valence-electron chi connectivity index (χ2n) is 8.02. The summed E-state index contributed by atoms with van der Waals surface area (Å²) in [5.41, 5.74) is 2.92. The molecule has 32 heavy (non-hydrogen) atoms. The van der Waals surface area contributed by atoms with E-state index >= 15 is 0 Å². The second kappa shape index (κ2) is 8.74. The van der Waals surface area contributed by atoms with E-state index in [1.807, 2.05) is 25.1 Å². The third-order valence-corrected chi connectivity index (χ3v) is 5.81. The molecule has 0 saturated carbocycles. The number of aryl methyl sites for hydroxylation is 3. The predicted octanol–water partition coefficient (Wildman–Crippen LogP) is 3.32. The molecule has 2 aromatic heterocycles. The highest BCUT2D eigenvalue weighted by molar-refractivity contribution is 6.04. The van der Waals surface area contributed by atoms with Gasteiger partial charge in [0.25, 0.3) is 17.4 Å². The van der Waals surface area contributed by atoms with E-state index in [0.717, 1.165) is 17.7 Å². The van der Waals surface area contributed by atoms with Gasteiger partial charge in [0, 0.05) is 24.1 Å². The molecule has 1 aliphatic rings. The fourth-order valence-electron chi connectivity index (χ4n) is 3.91. The number of nitrogens with one attached hydrogen (secondary N) is 2. The monoisotopic (exact) mass is 431 g/mol. The first kappa shape index (κ1) is 21.4. The van der Waals surface area contributed by atoms with E-state index in [9.17, 15) is 14.4 Å². The third kappa shape index (κ3) is 4.16. The lowest BCUT2D eigenvalue weighted by Crippen LogP contribution is -2.35. The Balaban J connectivity index is 1.57. The summed E-state index contributed by atoms with van der Waals surface area (Å²) in [6, 6.07) is 10.5. The van der Waals surface area contributed by atoms with Gasteiger partial charge in [0.15, 0.2) is 5.82 Å². The van der Waals surface area contributed by atoms with Gasteiger partial charge in [-0.3, -0.25) is 14.4 Å². The molecule has 1 fully saturated rings. The number of pyridine rings is 1. The normalized spacial score (nSPS) is 15.6. The number of rotatable bonds is 4. The number of hydrogen-bond acceptors (Lipinski definition) is 5. The lowest BCUT2D eigenvalue weighted by atomic mass is 10.1. The number of carbonyl (C=O) groups excluding carboxylic acids is 2. The van der Waals surface area contributed by atoms with Crippen LogP contribution in [0.1, 0.15) is 62.4 Å². The van der Waals surface area contributed by atoms with Crippen molar-refractivity contribution in [2.24, 2.45) is 0 Å². The van der Waals surface area contributed by atoms with Crippen LogP contribution in [0.2, 0.25) is 0 Å². The number of amides is 2. The van der Waals surface area contributed by atoms with Crippen molar-refractivity contribution in [1.82, 2.24) is 19.9 Å². The molecular weight excluding hydrogens is 406 g/mol. The molecule has 2 N–H and O–H groups in total. The Hall–Kier alpha value is -3.81. The van der Waals surface area contributed by atoms with Crippen LogP contribution >= 0.6 is 0 Å². The first-order valence-corrected chi connectivity index (χ1v) is 10.6. The van der Waals surface area contributed by atoms with Gasteiger partial charge in [0.1, 0.15) is 5.56 Å². The molecule has 1 aliphatic heterocycles. The molecule has 1 aromatic carbocycles. The van der Waals surface area contributed by atoms with Crippen molar-refractivity contribution in [2.75, 3.05) is 11.9 Å². The Labute approximate surface area is 185 Å². The van der Waals surface area contributed by atoms with E-state index in [1.54, 1.807) is 36.9 Å². The van der Waals surface area contributed by atoms with Crippen LogP contribution in [0.3, 0.4) is 0 Å². The molecule has 164 valence electrons. The van der Waals surface area contributed by atoms with Crippen molar-refractivity contribution in [3.63, 3.8) is 0 Å². The molecule has 0 aliphatic carbocycles. The van der Waals surface area contributed by atoms with Crippen LogP contribution in [-0.2, 0) is 0 Å². The first-order valence-electron chi connectivity index (χ1n) is 10.6. The summed E-state index contributed by atoms with van der Waals surface area (Å²) in [4.78, 5) is 51.5. The lowest BCUT2D eigenvalue weighted by Gasteiger charge is -2.24. The molecule has 8 nitrogen and oxygen atoms in total. The minimum absolute atomic E-state index is 0.121. The molecule has 3 aromatic rings. The van der Waals surface area contributed by atoms with Crippen LogP contribution in [0.15, 0.2) is 47.4 Å². The second-order valence-corrected chi connectivity index (χ2v) is 8.02. The summed E-state index contributed by atoms with van der Waals surface area (Å²) in [6.45, 7) is 5.93.